The van der Waals surface area contributed by atoms with E-state index in [0.29, 0.717) is 15.2 Å². The van der Waals surface area contributed by atoms with Crippen LogP contribution in [0.2, 0.25) is 5.02 Å². The van der Waals surface area contributed by atoms with Gasteiger partial charge in [0.15, 0.2) is 0 Å². The van der Waals surface area contributed by atoms with Crippen molar-refractivity contribution < 1.29 is 8.42 Å². The van der Waals surface area contributed by atoms with E-state index in [4.69, 9.17) is 11.6 Å². The second-order valence-electron chi connectivity index (χ2n) is 3.99. The predicted molar refractivity (Wildman–Crippen MR) is 81.1 cm³/mol. The molecule has 2 aromatic carbocycles. The fraction of sp³-hybridized carbons (Fsp3) is 0.0769. The maximum Gasteiger partial charge on any atom is 0.261 e. The molecule has 0 aliphatic rings. The molecule has 1 N–H and O–H groups in total. The molecule has 3 nitrogen and oxygen atoms in total. The highest BCUT2D eigenvalue weighted by atomic mass is 79.9. The molecule has 0 amide bonds. The van der Waals surface area contributed by atoms with Crippen molar-refractivity contribution in [3.05, 3.63) is 57.5 Å². The fourth-order valence-corrected chi connectivity index (χ4v) is 3.66. The molecule has 0 spiro atoms. The number of anilines is 1. The van der Waals surface area contributed by atoms with Gasteiger partial charge < -0.3 is 0 Å². The first kappa shape index (κ1) is 14.4. The third-order valence-corrected chi connectivity index (χ3v) is 4.72. The average Bonchev–Trinajstić information content (AvgIpc) is 2.34. The summed E-state index contributed by atoms with van der Waals surface area (Å²) in [5.74, 6) is 0. The lowest BCUT2D eigenvalue weighted by molar-refractivity contribution is 0.601. The molecule has 0 aliphatic carbocycles. The number of hydrogen-bond donors (Lipinski definition) is 1. The zero-order valence-electron chi connectivity index (χ0n) is 10.0. The standard InChI is InChI=1S/C13H11BrClNO2S/c1-9-4-2-7-12(15)13(9)16-19(17,18)11-6-3-5-10(14)8-11/h2-8,16H,1H3. The molecular weight excluding hydrogens is 350 g/mol. The largest absolute Gasteiger partial charge is 0.278 e. The summed E-state index contributed by atoms with van der Waals surface area (Å²) in [6.45, 7) is 1.80. The van der Waals surface area contributed by atoms with E-state index in [1.54, 1.807) is 37.3 Å². The summed E-state index contributed by atoms with van der Waals surface area (Å²) in [6.07, 6.45) is 0. The normalized spacial score (nSPS) is 11.3. The van der Waals surface area contributed by atoms with E-state index in [2.05, 4.69) is 20.7 Å². The van der Waals surface area contributed by atoms with E-state index < -0.39 is 10.0 Å². The van der Waals surface area contributed by atoms with Crippen molar-refractivity contribution in [1.82, 2.24) is 0 Å². The highest BCUT2D eigenvalue weighted by Gasteiger charge is 2.17. The quantitative estimate of drug-likeness (QED) is 0.891. The van der Waals surface area contributed by atoms with Gasteiger partial charge in [-0.25, -0.2) is 8.42 Å². The summed E-state index contributed by atoms with van der Waals surface area (Å²) in [5, 5.41) is 0.374. The number of sulfonamides is 1. The Kier molecular flexibility index (Phi) is 4.18. The van der Waals surface area contributed by atoms with Gasteiger partial charge in [-0.1, -0.05) is 45.7 Å². The lowest BCUT2D eigenvalue weighted by atomic mass is 10.2. The van der Waals surface area contributed by atoms with E-state index in [1.165, 1.54) is 12.1 Å². The summed E-state index contributed by atoms with van der Waals surface area (Å²) in [7, 11) is -3.65. The van der Waals surface area contributed by atoms with Gasteiger partial charge >= 0.3 is 0 Å². The molecule has 0 heterocycles. The fourth-order valence-electron chi connectivity index (χ4n) is 1.59. The van der Waals surface area contributed by atoms with E-state index in [1.807, 2.05) is 0 Å². The first-order valence-electron chi connectivity index (χ1n) is 5.43. The van der Waals surface area contributed by atoms with Crippen molar-refractivity contribution >= 4 is 43.2 Å². The van der Waals surface area contributed by atoms with Crippen LogP contribution in [0.3, 0.4) is 0 Å². The SMILES string of the molecule is Cc1cccc(Cl)c1NS(=O)(=O)c1cccc(Br)c1. The molecular formula is C13H11BrClNO2S. The number of benzene rings is 2. The van der Waals surface area contributed by atoms with Crippen molar-refractivity contribution in [2.75, 3.05) is 4.72 Å². The van der Waals surface area contributed by atoms with Crippen LogP contribution in [-0.2, 0) is 10.0 Å². The van der Waals surface area contributed by atoms with Crippen LogP contribution in [-0.4, -0.2) is 8.42 Å². The number of rotatable bonds is 3. The minimum atomic E-state index is -3.65. The first-order chi connectivity index (χ1) is 8.90. The Morgan fingerprint density at radius 2 is 1.84 bits per heavy atom. The Labute approximate surface area is 125 Å². The van der Waals surface area contributed by atoms with Gasteiger partial charge in [0.2, 0.25) is 0 Å². The number of nitrogens with one attached hydrogen (secondary N) is 1. The summed E-state index contributed by atoms with van der Waals surface area (Å²) >= 11 is 9.27. The Balaban J connectivity index is 2.42. The molecule has 100 valence electrons. The summed E-state index contributed by atoms with van der Waals surface area (Å²) in [5.41, 5.74) is 1.18. The number of aryl methyl sites for hydroxylation is 1. The molecule has 0 bridgehead atoms. The average molecular weight is 361 g/mol. The Bertz CT molecular complexity index is 696. The van der Waals surface area contributed by atoms with Crippen LogP contribution in [0.1, 0.15) is 5.56 Å². The van der Waals surface area contributed by atoms with E-state index in [-0.39, 0.29) is 4.90 Å². The van der Waals surface area contributed by atoms with Gasteiger partial charge in [0, 0.05) is 4.47 Å². The summed E-state index contributed by atoms with van der Waals surface area (Å²) in [6, 6.07) is 11.7. The van der Waals surface area contributed by atoms with Crippen LogP contribution in [0.15, 0.2) is 51.8 Å². The molecule has 0 fully saturated rings. The molecule has 0 unspecified atom stereocenters. The van der Waals surface area contributed by atoms with Crippen LogP contribution in [0, 0.1) is 6.92 Å². The maximum absolute atomic E-state index is 12.3. The Morgan fingerprint density at radius 3 is 2.47 bits per heavy atom. The lowest BCUT2D eigenvalue weighted by Crippen LogP contribution is -2.14. The van der Waals surface area contributed by atoms with Gasteiger partial charge in [0.1, 0.15) is 0 Å². The lowest BCUT2D eigenvalue weighted by Gasteiger charge is -2.12. The van der Waals surface area contributed by atoms with Crippen LogP contribution >= 0.6 is 27.5 Å². The molecule has 6 heteroatoms. The van der Waals surface area contributed by atoms with Gasteiger partial charge in [-0.2, -0.15) is 0 Å². The number of halogens is 2. The van der Waals surface area contributed by atoms with Crippen molar-refractivity contribution in [3.63, 3.8) is 0 Å². The third-order valence-electron chi connectivity index (χ3n) is 2.56. The Hall–Kier alpha value is -1.04. The highest BCUT2D eigenvalue weighted by molar-refractivity contribution is 9.10. The molecule has 0 atom stereocenters. The smallest absolute Gasteiger partial charge is 0.261 e. The molecule has 0 aromatic heterocycles. The summed E-state index contributed by atoms with van der Waals surface area (Å²) in [4.78, 5) is 0.182. The van der Waals surface area contributed by atoms with E-state index in [9.17, 15) is 8.42 Å². The molecule has 0 saturated carbocycles. The number of hydrogen-bond acceptors (Lipinski definition) is 2. The van der Waals surface area contributed by atoms with Gasteiger partial charge in [-0.3, -0.25) is 4.72 Å². The van der Waals surface area contributed by atoms with Gasteiger partial charge in [-0.05, 0) is 36.8 Å². The van der Waals surface area contributed by atoms with Gasteiger partial charge in [-0.15, -0.1) is 0 Å². The molecule has 2 rings (SSSR count). The van der Waals surface area contributed by atoms with Crippen LogP contribution < -0.4 is 4.72 Å². The van der Waals surface area contributed by atoms with Gasteiger partial charge in [0.05, 0.1) is 15.6 Å². The minimum Gasteiger partial charge on any atom is -0.278 e. The van der Waals surface area contributed by atoms with Crippen molar-refractivity contribution in [2.45, 2.75) is 11.8 Å². The van der Waals surface area contributed by atoms with Crippen LogP contribution in [0.25, 0.3) is 0 Å². The van der Waals surface area contributed by atoms with Crippen molar-refractivity contribution in [2.24, 2.45) is 0 Å². The molecule has 0 radical (unpaired) electrons. The van der Waals surface area contributed by atoms with E-state index >= 15 is 0 Å². The first-order valence-corrected chi connectivity index (χ1v) is 8.09. The second-order valence-corrected chi connectivity index (χ2v) is 7.00. The zero-order valence-corrected chi connectivity index (χ0v) is 13.2. The third kappa shape index (κ3) is 3.29. The molecule has 19 heavy (non-hydrogen) atoms. The predicted octanol–water partition coefficient (Wildman–Crippen LogP) is 4.21. The second kappa shape index (κ2) is 5.53. The minimum absolute atomic E-state index is 0.182. The molecule has 0 aliphatic heterocycles. The Morgan fingerprint density at radius 1 is 1.16 bits per heavy atom. The van der Waals surface area contributed by atoms with Crippen LogP contribution in [0.5, 0.6) is 0 Å². The van der Waals surface area contributed by atoms with Gasteiger partial charge in [0.25, 0.3) is 10.0 Å². The molecule has 0 saturated heterocycles. The van der Waals surface area contributed by atoms with Crippen molar-refractivity contribution in [1.29, 1.82) is 0 Å². The molecule has 2 aromatic rings. The number of para-hydroxylation sites is 1. The van der Waals surface area contributed by atoms with E-state index in [0.717, 1.165) is 5.56 Å². The zero-order chi connectivity index (χ0) is 14.0. The summed E-state index contributed by atoms with van der Waals surface area (Å²) < 4.78 is 27.8. The highest BCUT2D eigenvalue weighted by Crippen LogP contribution is 2.28. The topological polar surface area (TPSA) is 46.2 Å². The van der Waals surface area contributed by atoms with Crippen molar-refractivity contribution in [3.8, 4) is 0 Å². The van der Waals surface area contributed by atoms with Crippen LogP contribution in [0.4, 0.5) is 5.69 Å². The maximum atomic E-state index is 12.3. The monoisotopic (exact) mass is 359 g/mol.